The number of hydrogen-bond donors (Lipinski definition) is 0. The van der Waals surface area contributed by atoms with Crippen molar-refractivity contribution in [2.24, 2.45) is 0 Å². The minimum Gasteiger partial charge on any atom is -0.423 e. The van der Waals surface area contributed by atoms with Crippen LogP contribution in [0.25, 0.3) is 10.2 Å². The molecule has 4 rings (SSSR count). The van der Waals surface area contributed by atoms with E-state index < -0.39 is 0 Å². The van der Waals surface area contributed by atoms with Gasteiger partial charge in [0.15, 0.2) is 5.13 Å². The molecule has 6 heteroatoms. The molecule has 0 amide bonds. The van der Waals surface area contributed by atoms with Gasteiger partial charge in [-0.2, -0.15) is 0 Å². The summed E-state index contributed by atoms with van der Waals surface area (Å²) in [6, 6.07) is 12.8. The molecule has 0 aliphatic carbocycles. The number of rotatable bonds is 3. The number of anilines is 1. The second-order valence-corrected chi connectivity index (χ2v) is 7.99. The molecule has 1 fully saturated rings. The van der Waals surface area contributed by atoms with Crippen LogP contribution in [0.4, 0.5) is 5.13 Å². The maximum atomic E-state index is 12.3. The third-order valence-electron chi connectivity index (χ3n) is 4.27. The van der Waals surface area contributed by atoms with Crippen LogP contribution >= 0.6 is 27.3 Å². The fourth-order valence-corrected chi connectivity index (χ4v) is 4.24. The molecule has 2 heterocycles. The van der Waals surface area contributed by atoms with Crippen LogP contribution in [-0.4, -0.2) is 24.0 Å². The molecule has 3 aromatic rings. The Morgan fingerprint density at radius 2 is 1.84 bits per heavy atom. The summed E-state index contributed by atoms with van der Waals surface area (Å²) < 4.78 is 7.49. The van der Waals surface area contributed by atoms with Gasteiger partial charge in [-0.15, -0.1) is 0 Å². The monoisotopic (exact) mass is 416 g/mol. The van der Waals surface area contributed by atoms with Crippen LogP contribution in [0.5, 0.6) is 5.75 Å². The highest BCUT2D eigenvalue weighted by atomic mass is 79.9. The van der Waals surface area contributed by atoms with Crippen molar-refractivity contribution in [3.05, 3.63) is 52.5 Å². The highest BCUT2D eigenvalue weighted by Crippen LogP contribution is 2.32. The average Bonchev–Trinajstić information content (AvgIpc) is 3.06. The van der Waals surface area contributed by atoms with Gasteiger partial charge in [-0.05, 0) is 55.7 Å². The van der Waals surface area contributed by atoms with Crippen molar-refractivity contribution in [1.82, 2.24) is 4.98 Å². The Morgan fingerprint density at radius 3 is 2.60 bits per heavy atom. The third-order valence-corrected chi connectivity index (χ3v) is 5.87. The van der Waals surface area contributed by atoms with E-state index in [-0.39, 0.29) is 5.97 Å². The lowest BCUT2D eigenvalue weighted by molar-refractivity contribution is 0.0735. The lowest BCUT2D eigenvalue weighted by Gasteiger charge is -2.25. The quantitative estimate of drug-likeness (QED) is 0.430. The predicted molar refractivity (Wildman–Crippen MR) is 105 cm³/mol. The van der Waals surface area contributed by atoms with Crippen molar-refractivity contribution in [2.75, 3.05) is 18.0 Å². The van der Waals surface area contributed by atoms with Gasteiger partial charge in [0.05, 0.1) is 15.8 Å². The van der Waals surface area contributed by atoms with E-state index in [4.69, 9.17) is 9.72 Å². The van der Waals surface area contributed by atoms with Crippen molar-refractivity contribution >= 4 is 48.6 Å². The van der Waals surface area contributed by atoms with E-state index in [1.165, 1.54) is 19.3 Å². The van der Waals surface area contributed by atoms with Crippen molar-refractivity contribution < 1.29 is 9.53 Å². The molecule has 4 nitrogen and oxygen atoms in total. The van der Waals surface area contributed by atoms with Crippen LogP contribution in [0.3, 0.4) is 0 Å². The molecule has 25 heavy (non-hydrogen) atoms. The molecule has 0 atom stereocenters. The Balaban J connectivity index is 1.54. The van der Waals surface area contributed by atoms with Gasteiger partial charge >= 0.3 is 5.97 Å². The minimum atomic E-state index is -0.354. The number of piperidine rings is 1. The minimum absolute atomic E-state index is 0.354. The van der Waals surface area contributed by atoms with Gasteiger partial charge in [-0.25, -0.2) is 9.78 Å². The molecule has 1 aliphatic rings. The molecule has 2 aromatic carbocycles. The summed E-state index contributed by atoms with van der Waals surface area (Å²) in [7, 11) is 0. The molecule has 1 saturated heterocycles. The maximum absolute atomic E-state index is 12.3. The SMILES string of the molecule is O=C(Oc1ccc2nc(N3CCCCC3)sc2c1)c1ccc(Br)cc1. The van der Waals surface area contributed by atoms with Crippen LogP contribution in [0.2, 0.25) is 0 Å². The van der Waals surface area contributed by atoms with Gasteiger partial charge in [0.2, 0.25) is 0 Å². The number of carbonyl (C=O) groups is 1. The van der Waals surface area contributed by atoms with E-state index in [0.717, 1.165) is 32.9 Å². The second-order valence-electron chi connectivity index (χ2n) is 6.07. The molecule has 128 valence electrons. The number of esters is 1. The van der Waals surface area contributed by atoms with Gasteiger partial charge < -0.3 is 9.64 Å². The molecule has 0 unspecified atom stereocenters. The van der Waals surface area contributed by atoms with Gasteiger partial charge in [0.25, 0.3) is 0 Å². The Bertz CT molecular complexity index is 901. The first-order chi connectivity index (χ1) is 12.2. The third kappa shape index (κ3) is 3.70. The lowest BCUT2D eigenvalue weighted by Crippen LogP contribution is -2.29. The summed E-state index contributed by atoms with van der Waals surface area (Å²) in [5.41, 5.74) is 1.48. The zero-order valence-corrected chi connectivity index (χ0v) is 16.0. The molecule has 1 aromatic heterocycles. The molecular weight excluding hydrogens is 400 g/mol. The summed E-state index contributed by atoms with van der Waals surface area (Å²) in [5, 5.41) is 1.06. The zero-order valence-electron chi connectivity index (χ0n) is 13.6. The highest BCUT2D eigenvalue weighted by molar-refractivity contribution is 9.10. The van der Waals surface area contributed by atoms with E-state index in [2.05, 4.69) is 20.8 Å². The second kappa shape index (κ2) is 7.14. The van der Waals surface area contributed by atoms with Crippen LogP contribution in [0.1, 0.15) is 29.6 Å². The van der Waals surface area contributed by atoms with Crippen LogP contribution in [0, 0.1) is 0 Å². The maximum Gasteiger partial charge on any atom is 0.343 e. The van der Waals surface area contributed by atoms with E-state index >= 15 is 0 Å². The standard InChI is InChI=1S/C19H17BrN2O2S/c20-14-6-4-13(5-7-14)18(23)24-15-8-9-16-17(12-15)25-19(21-16)22-10-2-1-3-11-22/h4-9,12H,1-3,10-11H2. The molecule has 0 spiro atoms. The number of benzene rings is 2. The van der Waals surface area contributed by atoms with E-state index in [9.17, 15) is 4.79 Å². The van der Waals surface area contributed by atoms with Crippen LogP contribution in [0.15, 0.2) is 46.9 Å². The number of ether oxygens (including phenoxy) is 1. The number of hydrogen-bond acceptors (Lipinski definition) is 5. The van der Waals surface area contributed by atoms with Crippen molar-refractivity contribution in [3.8, 4) is 5.75 Å². The van der Waals surface area contributed by atoms with Crippen LogP contribution in [-0.2, 0) is 0 Å². The molecule has 0 bridgehead atoms. The molecule has 1 aliphatic heterocycles. The largest absolute Gasteiger partial charge is 0.423 e. The van der Waals surface area contributed by atoms with Crippen molar-refractivity contribution in [1.29, 1.82) is 0 Å². The fraction of sp³-hybridized carbons (Fsp3) is 0.263. The molecule has 0 N–H and O–H groups in total. The Hall–Kier alpha value is -1.92. The lowest BCUT2D eigenvalue weighted by atomic mass is 10.1. The molecule has 0 radical (unpaired) electrons. The summed E-state index contributed by atoms with van der Waals surface area (Å²) in [6.07, 6.45) is 3.76. The van der Waals surface area contributed by atoms with E-state index in [0.29, 0.717) is 11.3 Å². The van der Waals surface area contributed by atoms with Gasteiger partial charge in [0, 0.05) is 23.6 Å². The summed E-state index contributed by atoms with van der Waals surface area (Å²) in [5.74, 6) is 0.196. The fourth-order valence-electron chi connectivity index (χ4n) is 2.93. The summed E-state index contributed by atoms with van der Waals surface area (Å²) >= 11 is 5.02. The first kappa shape index (κ1) is 16.5. The first-order valence-electron chi connectivity index (χ1n) is 8.32. The smallest absolute Gasteiger partial charge is 0.343 e. The Morgan fingerprint density at radius 1 is 1.08 bits per heavy atom. The number of nitrogens with zero attached hydrogens (tertiary/aromatic N) is 2. The highest BCUT2D eigenvalue weighted by Gasteiger charge is 2.16. The number of carbonyl (C=O) groups excluding carboxylic acids is 1. The Kier molecular flexibility index (Phi) is 4.72. The number of aromatic nitrogens is 1. The first-order valence-corrected chi connectivity index (χ1v) is 9.93. The topological polar surface area (TPSA) is 42.4 Å². The predicted octanol–water partition coefficient (Wildman–Crippen LogP) is 5.27. The van der Waals surface area contributed by atoms with Gasteiger partial charge in [-0.1, -0.05) is 27.3 Å². The van der Waals surface area contributed by atoms with Crippen molar-refractivity contribution in [2.45, 2.75) is 19.3 Å². The van der Waals surface area contributed by atoms with E-state index in [1.807, 2.05) is 24.3 Å². The molecule has 0 saturated carbocycles. The zero-order chi connectivity index (χ0) is 17.2. The average molecular weight is 417 g/mol. The van der Waals surface area contributed by atoms with Gasteiger partial charge in [0.1, 0.15) is 5.75 Å². The summed E-state index contributed by atoms with van der Waals surface area (Å²) in [6.45, 7) is 2.15. The van der Waals surface area contributed by atoms with Crippen molar-refractivity contribution in [3.63, 3.8) is 0 Å². The normalized spacial score (nSPS) is 14.7. The number of halogens is 1. The Labute approximate surface area is 158 Å². The van der Waals surface area contributed by atoms with Crippen LogP contribution < -0.4 is 9.64 Å². The molecular formula is C19H17BrN2O2S. The number of thiazole rings is 1. The number of fused-ring (bicyclic) bond motifs is 1. The summed E-state index contributed by atoms with van der Waals surface area (Å²) in [4.78, 5) is 19.3. The van der Waals surface area contributed by atoms with Gasteiger partial charge in [-0.3, -0.25) is 0 Å². The van der Waals surface area contributed by atoms with E-state index in [1.54, 1.807) is 29.5 Å².